The number of halogens is 1. The van der Waals surface area contributed by atoms with E-state index < -0.39 is 11.8 Å². The first-order valence-electron chi connectivity index (χ1n) is 5.04. The Morgan fingerprint density at radius 3 is 2.89 bits per heavy atom. The summed E-state index contributed by atoms with van der Waals surface area (Å²) in [4.78, 5) is 14.3. The van der Waals surface area contributed by atoms with E-state index >= 15 is 0 Å². The van der Waals surface area contributed by atoms with Crippen molar-refractivity contribution in [2.45, 2.75) is 6.54 Å². The molecule has 0 saturated heterocycles. The molecular weight excluding hydrogens is 237 g/mol. The maximum Gasteiger partial charge on any atom is 0.356 e. The SMILES string of the molecule is N#Cc1ccc(Cn2cnc(C(=O)O)c2)c(F)c1. The number of hydrogen-bond acceptors (Lipinski definition) is 3. The van der Waals surface area contributed by atoms with Crippen LogP contribution in [0.25, 0.3) is 0 Å². The normalized spacial score (nSPS) is 10.0. The van der Waals surface area contributed by atoms with E-state index in [0.717, 1.165) is 6.07 Å². The summed E-state index contributed by atoms with van der Waals surface area (Å²) >= 11 is 0. The molecule has 0 atom stereocenters. The first-order chi connectivity index (χ1) is 8.60. The van der Waals surface area contributed by atoms with Gasteiger partial charge in [0.25, 0.3) is 0 Å². The van der Waals surface area contributed by atoms with Gasteiger partial charge in [-0.25, -0.2) is 14.2 Å². The van der Waals surface area contributed by atoms with Crippen LogP contribution in [0.5, 0.6) is 0 Å². The van der Waals surface area contributed by atoms with Gasteiger partial charge in [0.05, 0.1) is 24.5 Å². The van der Waals surface area contributed by atoms with Gasteiger partial charge in [0, 0.05) is 11.8 Å². The predicted molar refractivity (Wildman–Crippen MR) is 59.4 cm³/mol. The Balaban J connectivity index is 2.23. The number of benzene rings is 1. The van der Waals surface area contributed by atoms with Gasteiger partial charge < -0.3 is 9.67 Å². The average molecular weight is 245 g/mol. The molecule has 0 saturated carbocycles. The first kappa shape index (κ1) is 11.8. The predicted octanol–water partition coefficient (Wildman–Crippen LogP) is 1.64. The van der Waals surface area contributed by atoms with Crippen molar-refractivity contribution in [1.29, 1.82) is 5.26 Å². The molecule has 0 radical (unpaired) electrons. The van der Waals surface area contributed by atoms with Gasteiger partial charge >= 0.3 is 5.97 Å². The zero-order valence-electron chi connectivity index (χ0n) is 9.17. The highest BCUT2D eigenvalue weighted by Crippen LogP contribution is 2.12. The van der Waals surface area contributed by atoms with E-state index in [-0.39, 0.29) is 17.8 Å². The Labute approximate surface area is 102 Å². The highest BCUT2D eigenvalue weighted by molar-refractivity contribution is 5.84. The van der Waals surface area contributed by atoms with Crippen LogP contribution in [0.4, 0.5) is 4.39 Å². The summed E-state index contributed by atoms with van der Waals surface area (Å²) in [6.45, 7) is 0.165. The van der Waals surface area contributed by atoms with Crippen molar-refractivity contribution < 1.29 is 14.3 Å². The summed E-state index contributed by atoms with van der Waals surface area (Å²) in [6, 6.07) is 5.99. The molecule has 0 fully saturated rings. The van der Waals surface area contributed by atoms with Gasteiger partial charge in [-0.2, -0.15) is 5.26 Å². The van der Waals surface area contributed by atoms with Crippen molar-refractivity contribution in [3.63, 3.8) is 0 Å². The second kappa shape index (κ2) is 4.67. The lowest BCUT2D eigenvalue weighted by molar-refractivity contribution is 0.0691. The van der Waals surface area contributed by atoms with Crippen LogP contribution in [0.2, 0.25) is 0 Å². The molecule has 6 heteroatoms. The van der Waals surface area contributed by atoms with Crippen molar-refractivity contribution >= 4 is 5.97 Å². The van der Waals surface area contributed by atoms with Crippen LogP contribution in [0.15, 0.2) is 30.7 Å². The molecule has 5 nitrogen and oxygen atoms in total. The standard InChI is InChI=1S/C12H8FN3O2/c13-10-3-8(4-14)1-2-9(10)5-16-6-11(12(17)18)15-7-16/h1-3,6-7H,5H2,(H,17,18). The number of carbonyl (C=O) groups is 1. The van der Waals surface area contributed by atoms with Crippen molar-refractivity contribution in [2.75, 3.05) is 0 Å². The van der Waals surface area contributed by atoms with E-state index in [1.54, 1.807) is 0 Å². The Hall–Kier alpha value is -2.68. The van der Waals surface area contributed by atoms with Crippen molar-refractivity contribution in [3.8, 4) is 6.07 Å². The molecule has 2 rings (SSSR count). The summed E-state index contributed by atoms with van der Waals surface area (Å²) in [5.74, 6) is -1.63. The number of hydrogen-bond donors (Lipinski definition) is 1. The number of aromatic nitrogens is 2. The molecule has 2 aromatic rings. The smallest absolute Gasteiger partial charge is 0.356 e. The van der Waals surface area contributed by atoms with Crippen LogP contribution in [0, 0.1) is 17.1 Å². The number of carboxylic acids is 1. The molecule has 0 unspecified atom stereocenters. The van der Waals surface area contributed by atoms with E-state index in [2.05, 4.69) is 4.98 Å². The second-order valence-electron chi connectivity index (χ2n) is 3.65. The van der Waals surface area contributed by atoms with Gasteiger partial charge in [0.1, 0.15) is 5.82 Å². The van der Waals surface area contributed by atoms with Gasteiger partial charge in [0.2, 0.25) is 0 Å². The third-order valence-electron chi connectivity index (χ3n) is 2.39. The monoisotopic (exact) mass is 245 g/mol. The van der Waals surface area contributed by atoms with Crippen LogP contribution in [-0.2, 0) is 6.54 Å². The number of imidazole rings is 1. The molecule has 1 heterocycles. The molecule has 0 aliphatic carbocycles. The fourth-order valence-electron chi connectivity index (χ4n) is 1.50. The minimum Gasteiger partial charge on any atom is -0.476 e. The molecule has 0 amide bonds. The molecule has 1 aromatic carbocycles. The third-order valence-corrected chi connectivity index (χ3v) is 2.39. The highest BCUT2D eigenvalue weighted by atomic mass is 19.1. The minimum atomic E-state index is -1.13. The lowest BCUT2D eigenvalue weighted by Gasteiger charge is -2.04. The number of nitriles is 1. The van der Waals surface area contributed by atoms with Crippen LogP contribution in [-0.4, -0.2) is 20.6 Å². The Bertz CT molecular complexity index is 643. The minimum absolute atomic E-state index is 0.0935. The summed E-state index contributed by atoms with van der Waals surface area (Å²) in [6.07, 6.45) is 2.64. The van der Waals surface area contributed by atoms with Gasteiger partial charge in [0.15, 0.2) is 5.69 Å². The number of carboxylic acid groups (broad SMARTS) is 1. The molecular formula is C12H8FN3O2. The summed E-state index contributed by atoms with van der Waals surface area (Å²) in [5, 5.41) is 17.3. The van der Waals surface area contributed by atoms with Gasteiger partial charge in [-0.1, -0.05) is 6.07 Å². The third kappa shape index (κ3) is 2.35. The molecule has 0 spiro atoms. The fourth-order valence-corrected chi connectivity index (χ4v) is 1.50. The quantitative estimate of drug-likeness (QED) is 0.891. The summed E-state index contributed by atoms with van der Waals surface area (Å²) < 4.78 is 15.1. The fraction of sp³-hybridized carbons (Fsp3) is 0.0833. The molecule has 1 aromatic heterocycles. The Morgan fingerprint density at radius 2 is 2.33 bits per heavy atom. The van der Waals surface area contributed by atoms with Crippen LogP contribution in [0.3, 0.4) is 0 Å². The van der Waals surface area contributed by atoms with Crippen molar-refractivity contribution in [1.82, 2.24) is 9.55 Å². The topological polar surface area (TPSA) is 78.9 Å². The largest absolute Gasteiger partial charge is 0.476 e. The number of nitrogens with zero attached hydrogens (tertiary/aromatic N) is 3. The zero-order valence-corrected chi connectivity index (χ0v) is 9.17. The highest BCUT2D eigenvalue weighted by Gasteiger charge is 2.08. The van der Waals surface area contributed by atoms with Crippen LogP contribution < -0.4 is 0 Å². The van der Waals surface area contributed by atoms with Gasteiger partial charge in [-0.05, 0) is 12.1 Å². The van der Waals surface area contributed by atoms with Gasteiger partial charge in [-0.3, -0.25) is 0 Å². The first-order valence-corrected chi connectivity index (χ1v) is 5.04. The summed E-state index contributed by atoms with van der Waals surface area (Å²) in [7, 11) is 0. The number of aromatic carboxylic acids is 1. The van der Waals surface area contributed by atoms with E-state index in [9.17, 15) is 9.18 Å². The zero-order chi connectivity index (χ0) is 13.1. The second-order valence-corrected chi connectivity index (χ2v) is 3.65. The van der Waals surface area contributed by atoms with Crippen molar-refractivity contribution in [3.05, 3.63) is 53.4 Å². The molecule has 0 aliphatic heterocycles. The van der Waals surface area contributed by atoms with E-state index in [1.807, 2.05) is 6.07 Å². The molecule has 90 valence electrons. The van der Waals surface area contributed by atoms with Crippen LogP contribution >= 0.6 is 0 Å². The maximum absolute atomic E-state index is 13.6. The Morgan fingerprint density at radius 1 is 1.56 bits per heavy atom. The lowest BCUT2D eigenvalue weighted by atomic mass is 10.1. The average Bonchev–Trinajstić information content (AvgIpc) is 2.80. The molecule has 1 N–H and O–H groups in total. The molecule has 18 heavy (non-hydrogen) atoms. The molecule has 0 bridgehead atoms. The van der Waals surface area contributed by atoms with E-state index in [0.29, 0.717) is 5.56 Å². The van der Waals surface area contributed by atoms with Gasteiger partial charge in [-0.15, -0.1) is 0 Å². The van der Waals surface area contributed by atoms with E-state index in [4.69, 9.17) is 10.4 Å². The molecule has 0 aliphatic rings. The lowest BCUT2D eigenvalue weighted by Crippen LogP contribution is -2.00. The van der Waals surface area contributed by atoms with Crippen molar-refractivity contribution in [2.24, 2.45) is 0 Å². The number of rotatable bonds is 3. The van der Waals surface area contributed by atoms with E-state index in [1.165, 1.54) is 29.2 Å². The maximum atomic E-state index is 13.6. The van der Waals surface area contributed by atoms with Crippen LogP contribution in [0.1, 0.15) is 21.6 Å². The summed E-state index contributed by atoms with van der Waals surface area (Å²) in [5.41, 5.74) is 0.514. The Kier molecular flexibility index (Phi) is 3.06.